The highest BCUT2D eigenvalue weighted by molar-refractivity contribution is 14.1. The molecule has 32 heavy (non-hydrogen) atoms. The standard InChI is InChI=1S/C22H16ClF3INO4/c23-17-11-16(32-21(29)14-5-2-1-3-6-14)12-18(27)20(17)31-10-4-9-30-19-8-7-15(13-28-19)22(24,25)26/h1-3,5-8,11-13H,4,9-10H2. The van der Waals surface area contributed by atoms with Crippen LogP contribution in [0.25, 0.3) is 0 Å². The van der Waals surface area contributed by atoms with Gasteiger partial charge in [-0.25, -0.2) is 9.78 Å². The smallest absolute Gasteiger partial charge is 0.417 e. The Labute approximate surface area is 200 Å². The van der Waals surface area contributed by atoms with Crippen LogP contribution in [0.1, 0.15) is 22.3 Å². The molecule has 0 bridgehead atoms. The second-order valence-corrected chi connectivity index (χ2v) is 7.97. The van der Waals surface area contributed by atoms with E-state index in [0.29, 0.717) is 21.3 Å². The first-order valence-corrected chi connectivity index (χ1v) is 10.7. The number of esters is 1. The molecule has 2 aromatic carbocycles. The Balaban J connectivity index is 1.48. The molecule has 1 aromatic heterocycles. The Morgan fingerprint density at radius 1 is 1.03 bits per heavy atom. The summed E-state index contributed by atoms with van der Waals surface area (Å²) >= 11 is 8.29. The predicted molar refractivity (Wildman–Crippen MR) is 120 cm³/mol. The van der Waals surface area contributed by atoms with Crippen molar-refractivity contribution in [2.75, 3.05) is 13.2 Å². The lowest BCUT2D eigenvalue weighted by Gasteiger charge is -2.13. The van der Waals surface area contributed by atoms with Gasteiger partial charge in [0.15, 0.2) is 5.75 Å². The van der Waals surface area contributed by atoms with Gasteiger partial charge in [-0.05, 0) is 46.9 Å². The molecule has 0 radical (unpaired) electrons. The lowest BCUT2D eigenvalue weighted by atomic mass is 10.2. The fourth-order valence-electron chi connectivity index (χ4n) is 2.52. The summed E-state index contributed by atoms with van der Waals surface area (Å²) in [5, 5.41) is 0.276. The Hall–Kier alpha value is -2.53. The lowest BCUT2D eigenvalue weighted by molar-refractivity contribution is -0.137. The third-order valence-corrected chi connectivity index (χ3v) is 5.12. The number of carbonyl (C=O) groups is 1. The number of nitrogens with zero attached hydrogens (tertiary/aromatic N) is 1. The molecular weight excluding hydrogens is 562 g/mol. The molecule has 0 amide bonds. The number of ether oxygens (including phenoxy) is 3. The first-order chi connectivity index (χ1) is 15.2. The summed E-state index contributed by atoms with van der Waals surface area (Å²) in [6.07, 6.45) is -3.27. The minimum absolute atomic E-state index is 0.0928. The monoisotopic (exact) mass is 577 g/mol. The van der Waals surface area contributed by atoms with Gasteiger partial charge in [0.2, 0.25) is 5.88 Å². The Kier molecular flexibility index (Phi) is 8.19. The maximum atomic E-state index is 12.5. The van der Waals surface area contributed by atoms with Crippen LogP contribution in [0, 0.1) is 3.57 Å². The molecule has 1 heterocycles. The van der Waals surface area contributed by atoms with E-state index in [1.807, 2.05) is 22.6 Å². The van der Waals surface area contributed by atoms with E-state index in [9.17, 15) is 18.0 Å². The van der Waals surface area contributed by atoms with E-state index >= 15 is 0 Å². The van der Waals surface area contributed by atoms with Crippen LogP contribution in [-0.2, 0) is 6.18 Å². The van der Waals surface area contributed by atoms with Gasteiger partial charge in [-0.15, -0.1) is 0 Å². The summed E-state index contributed by atoms with van der Waals surface area (Å²) in [4.78, 5) is 15.8. The van der Waals surface area contributed by atoms with Crippen LogP contribution in [0.2, 0.25) is 5.02 Å². The molecule has 0 N–H and O–H groups in total. The molecule has 0 fully saturated rings. The van der Waals surface area contributed by atoms with Crippen molar-refractivity contribution in [1.82, 2.24) is 4.98 Å². The third-order valence-electron chi connectivity index (χ3n) is 4.04. The molecule has 10 heteroatoms. The number of hydrogen-bond acceptors (Lipinski definition) is 5. The van der Waals surface area contributed by atoms with Crippen molar-refractivity contribution in [3.8, 4) is 17.4 Å². The number of alkyl halides is 3. The number of aromatic nitrogens is 1. The Morgan fingerprint density at radius 3 is 2.38 bits per heavy atom. The van der Waals surface area contributed by atoms with Gasteiger partial charge in [0.25, 0.3) is 0 Å². The Bertz CT molecular complexity index is 1040. The van der Waals surface area contributed by atoms with Crippen LogP contribution in [0.5, 0.6) is 17.4 Å². The van der Waals surface area contributed by atoms with Crippen LogP contribution < -0.4 is 14.2 Å². The molecule has 0 spiro atoms. The normalized spacial score (nSPS) is 11.2. The molecule has 3 aromatic rings. The van der Waals surface area contributed by atoms with Crippen LogP contribution in [0.4, 0.5) is 13.2 Å². The molecule has 0 saturated carbocycles. The van der Waals surface area contributed by atoms with E-state index in [1.165, 1.54) is 12.1 Å². The minimum atomic E-state index is -4.44. The van der Waals surface area contributed by atoms with E-state index in [1.54, 1.807) is 36.4 Å². The highest BCUT2D eigenvalue weighted by atomic mass is 127. The molecule has 0 unspecified atom stereocenters. The quantitative estimate of drug-likeness (QED) is 0.134. The van der Waals surface area contributed by atoms with Crippen LogP contribution in [0.3, 0.4) is 0 Å². The topological polar surface area (TPSA) is 57.7 Å². The van der Waals surface area contributed by atoms with E-state index in [4.69, 9.17) is 25.8 Å². The van der Waals surface area contributed by atoms with E-state index < -0.39 is 17.7 Å². The second-order valence-electron chi connectivity index (χ2n) is 6.40. The van der Waals surface area contributed by atoms with Gasteiger partial charge in [0.05, 0.1) is 32.9 Å². The van der Waals surface area contributed by atoms with Crippen LogP contribution in [-0.4, -0.2) is 24.2 Å². The molecule has 3 rings (SSSR count). The zero-order valence-corrected chi connectivity index (χ0v) is 19.3. The fourth-order valence-corrected chi connectivity index (χ4v) is 3.69. The van der Waals surface area contributed by atoms with Crippen molar-refractivity contribution in [3.63, 3.8) is 0 Å². The number of pyridine rings is 1. The van der Waals surface area contributed by atoms with Gasteiger partial charge in [0, 0.05) is 24.8 Å². The van der Waals surface area contributed by atoms with Crippen molar-refractivity contribution in [1.29, 1.82) is 0 Å². The molecule has 0 aliphatic carbocycles. The molecule has 168 valence electrons. The Morgan fingerprint density at radius 2 is 1.75 bits per heavy atom. The van der Waals surface area contributed by atoms with Crippen molar-refractivity contribution in [3.05, 3.63) is 80.5 Å². The summed E-state index contributed by atoms with van der Waals surface area (Å²) in [7, 11) is 0. The van der Waals surface area contributed by atoms with E-state index in [-0.39, 0.29) is 29.9 Å². The molecule has 0 aliphatic heterocycles. The van der Waals surface area contributed by atoms with Crippen molar-refractivity contribution >= 4 is 40.2 Å². The van der Waals surface area contributed by atoms with Gasteiger partial charge in [-0.3, -0.25) is 0 Å². The number of benzene rings is 2. The highest BCUT2D eigenvalue weighted by Crippen LogP contribution is 2.35. The van der Waals surface area contributed by atoms with Gasteiger partial charge in [0.1, 0.15) is 5.75 Å². The lowest BCUT2D eigenvalue weighted by Crippen LogP contribution is -2.09. The summed E-state index contributed by atoms with van der Waals surface area (Å²) in [6, 6.07) is 13.8. The molecule has 0 atom stereocenters. The third kappa shape index (κ3) is 6.73. The molecule has 5 nitrogen and oxygen atoms in total. The highest BCUT2D eigenvalue weighted by Gasteiger charge is 2.30. The zero-order valence-electron chi connectivity index (χ0n) is 16.4. The van der Waals surface area contributed by atoms with E-state index in [2.05, 4.69) is 4.98 Å². The summed E-state index contributed by atoms with van der Waals surface area (Å²) in [5.74, 6) is 0.312. The maximum Gasteiger partial charge on any atom is 0.417 e. The second kappa shape index (κ2) is 10.9. The van der Waals surface area contributed by atoms with Crippen molar-refractivity contribution in [2.24, 2.45) is 0 Å². The number of hydrogen-bond donors (Lipinski definition) is 0. The maximum absolute atomic E-state index is 12.5. The van der Waals surface area contributed by atoms with Gasteiger partial charge < -0.3 is 14.2 Å². The molecule has 0 saturated heterocycles. The van der Waals surface area contributed by atoms with Crippen molar-refractivity contribution in [2.45, 2.75) is 12.6 Å². The van der Waals surface area contributed by atoms with Crippen molar-refractivity contribution < 1.29 is 32.2 Å². The average Bonchev–Trinajstić information content (AvgIpc) is 2.75. The summed E-state index contributed by atoms with van der Waals surface area (Å²) in [5.41, 5.74) is -0.420. The van der Waals surface area contributed by atoms with Gasteiger partial charge in [-0.1, -0.05) is 29.8 Å². The first kappa shape index (κ1) is 24.1. The zero-order chi connectivity index (χ0) is 23.1. The summed E-state index contributed by atoms with van der Waals surface area (Å²) < 4.78 is 54.6. The molecule has 0 aliphatic rings. The average molecular weight is 578 g/mol. The number of carbonyl (C=O) groups excluding carboxylic acids is 1. The van der Waals surface area contributed by atoms with Crippen LogP contribution >= 0.6 is 34.2 Å². The van der Waals surface area contributed by atoms with Gasteiger partial charge in [-0.2, -0.15) is 13.2 Å². The van der Waals surface area contributed by atoms with Crippen LogP contribution in [0.15, 0.2) is 60.8 Å². The number of halogens is 5. The largest absolute Gasteiger partial charge is 0.491 e. The molecular formula is C22H16ClF3INO4. The predicted octanol–water partition coefficient (Wildman–Crippen LogP) is 6.43. The SMILES string of the molecule is O=C(Oc1cc(Cl)c(OCCCOc2ccc(C(F)(F)F)cn2)c(I)c1)c1ccccc1. The fraction of sp³-hybridized carbons (Fsp3) is 0.182. The van der Waals surface area contributed by atoms with E-state index in [0.717, 1.165) is 12.3 Å². The summed E-state index contributed by atoms with van der Waals surface area (Å²) in [6.45, 7) is 0.443. The first-order valence-electron chi connectivity index (χ1n) is 9.29. The minimum Gasteiger partial charge on any atom is -0.491 e. The van der Waals surface area contributed by atoms with Gasteiger partial charge >= 0.3 is 12.1 Å². The number of rotatable bonds is 8.